The number of amides is 2. The molecule has 8 nitrogen and oxygen atoms in total. The van der Waals surface area contributed by atoms with E-state index in [1.165, 1.54) is 0 Å². The number of carbonyl (C=O) groups is 2. The molecule has 0 aliphatic rings. The second kappa shape index (κ2) is 8.38. The van der Waals surface area contributed by atoms with Crippen molar-refractivity contribution in [2.75, 3.05) is 0 Å². The number of aromatic nitrogens is 2. The van der Waals surface area contributed by atoms with Crippen LogP contribution in [-0.4, -0.2) is 22.0 Å². The molecule has 0 fully saturated rings. The van der Waals surface area contributed by atoms with Crippen molar-refractivity contribution in [3.05, 3.63) is 70.8 Å². The Hall–Kier alpha value is -3.65. The fourth-order valence-electron chi connectivity index (χ4n) is 2.93. The third-order valence-corrected chi connectivity index (χ3v) is 4.75. The van der Waals surface area contributed by atoms with Gasteiger partial charge in [-0.1, -0.05) is 35.0 Å². The first-order chi connectivity index (χ1) is 14.5. The quantitative estimate of drug-likeness (QED) is 0.471. The molecule has 4 aromatic rings. The number of halogens is 1. The molecule has 9 heteroatoms. The minimum Gasteiger partial charge on any atom is -0.451 e. The van der Waals surface area contributed by atoms with Crippen molar-refractivity contribution >= 4 is 34.4 Å². The predicted molar refractivity (Wildman–Crippen MR) is 110 cm³/mol. The summed E-state index contributed by atoms with van der Waals surface area (Å²) in [4.78, 5) is 28.6. The van der Waals surface area contributed by atoms with Crippen LogP contribution in [0.4, 0.5) is 0 Å². The van der Waals surface area contributed by atoms with Crippen molar-refractivity contribution in [2.45, 2.75) is 19.8 Å². The van der Waals surface area contributed by atoms with Crippen LogP contribution in [0, 0.1) is 6.92 Å². The summed E-state index contributed by atoms with van der Waals surface area (Å²) in [5.41, 5.74) is 6.80. The minimum atomic E-state index is -0.528. The van der Waals surface area contributed by atoms with Crippen molar-refractivity contribution < 1.29 is 18.5 Å². The number of fused-ring (bicyclic) bond motifs is 1. The Bertz CT molecular complexity index is 1210. The highest BCUT2D eigenvalue weighted by molar-refractivity contribution is 6.30. The molecule has 4 rings (SSSR count). The number of nitrogens with one attached hydrogen (secondary N) is 2. The van der Waals surface area contributed by atoms with E-state index in [9.17, 15) is 9.59 Å². The number of benzene rings is 2. The van der Waals surface area contributed by atoms with Gasteiger partial charge in [0, 0.05) is 34.4 Å². The van der Waals surface area contributed by atoms with Gasteiger partial charge in [0.05, 0.1) is 0 Å². The van der Waals surface area contributed by atoms with Gasteiger partial charge in [0.15, 0.2) is 5.76 Å². The molecule has 2 heterocycles. The van der Waals surface area contributed by atoms with E-state index in [0.29, 0.717) is 27.9 Å². The van der Waals surface area contributed by atoms with Crippen molar-refractivity contribution in [1.29, 1.82) is 0 Å². The lowest BCUT2D eigenvalue weighted by Crippen LogP contribution is -2.41. The Morgan fingerprint density at radius 2 is 1.83 bits per heavy atom. The van der Waals surface area contributed by atoms with Crippen molar-refractivity contribution in [1.82, 2.24) is 21.0 Å². The number of aryl methyl sites for hydroxylation is 2. The van der Waals surface area contributed by atoms with Crippen LogP contribution in [0.25, 0.3) is 22.4 Å². The van der Waals surface area contributed by atoms with Crippen LogP contribution in [0.3, 0.4) is 0 Å². The van der Waals surface area contributed by atoms with Gasteiger partial charge >= 0.3 is 5.91 Å². The SMILES string of the molecule is Cc1c(C(=O)NNC(=O)CCc2nc(-c3ccc(Cl)cc3)no2)oc2ccccc12. The van der Waals surface area contributed by atoms with E-state index < -0.39 is 11.8 Å². The average Bonchev–Trinajstić information content (AvgIpc) is 3.36. The van der Waals surface area contributed by atoms with Gasteiger partial charge in [0.1, 0.15) is 5.58 Å². The monoisotopic (exact) mass is 424 g/mol. The molecule has 2 amide bonds. The van der Waals surface area contributed by atoms with Gasteiger partial charge in [-0.15, -0.1) is 0 Å². The fourth-order valence-corrected chi connectivity index (χ4v) is 3.06. The van der Waals surface area contributed by atoms with E-state index in [1.54, 1.807) is 37.3 Å². The molecule has 0 aliphatic heterocycles. The van der Waals surface area contributed by atoms with Gasteiger partial charge in [-0.3, -0.25) is 20.4 Å². The predicted octanol–water partition coefficient (Wildman–Crippen LogP) is 3.84. The smallest absolute Gasteiger partial charge is 0.305 e. The van der Waals surface area contributed by atoms with E-state index in [-0.39, 0.29) is 18.6 Å². The maximum Gasteiger partial charge on any atom is 0.305 e. The van der Waals surface area contributed by atoms with Gasteiger partial charge in [-0.2, -0.15) is 4.98 Å². The number of carbonyl (C=O) groups excluding carboxylic acids is 2. The first kappa shape index (κ1) is 19.7. The second-order valence-electron chi connectivity index (χ2n) is 6.57. The first-order valence-electron chi connectivity index (χ1n) is 9.17. The highest BCUT2D eigenvalue weighted by atomic mass is 35.5. The van der Waals surface area contributed by atoms with E-state index in [4.69, 9.17) is 20.5 Å². The number of hydrazine groups is 1. The number of rotatable bonds is 5. The number of hydrogen-bond donors (Lipinski definition) is 2. The molecule has 0 aliphatic carbocycles. The summed E-state index contributed by atoms with van der Waals surface area (Å²) in [5, 5.41) is 5.35. The first-order valence-corrected chi connectivity index (χ1v) is 9.55. The van der Waals surface area contributed by atoms with Crippen LogP contribution in [0.1, 0.15) is 28.4 Å². The summed E-state index contributed by atoms with van der Waals surface area (Å²) in [6.45, 7) is 1.79. The van der Waals surface area contributed by atoms with Gasteiger partial charge < -0.3 is 8.94 Å². The summed E-state index contributed by atoms with van der Waals surface area (Å²) in [6.07, 6.45) is 0.285. The highest BCUT2D eigenvalue weighted by Crippen LogP contribution is 2.24. The molecule has 2 aromatic carbocycles. The van der Waals surface area contributed by atoms with Gasteiger partial charge in [-0.25, -0.2) is 0 Å². The Morgan fingerprint density at radius 1 is 1.07 bits per heavy atom. The third kappa shape index (κ3) is 4.18. The molecule has 0 saturated carbocycles. The molecule has 0 spiro atoms. The summed E-state index contributed by atoms with van der Waals surface area (Å²) in [7, 11) is 0. The average molecular weight is 425 g/mol. The van der Waals surface area contributed by atoms with Crippen LogP contribution in [0.2, 0.25) is 5.02 Å². The normalized spacial score (nSPS) is 10.9. The van der Waals surface area contributed by atoms with E-state index in [2.05, 4.69) is 21.0 Å². The lowest BCUT2D eigenvalue weighted by Gasteiger charge is -2.05. The molecule has 0 bridgehead atoms. The zero-order chi connectivity index (χ0) is 21.1. The van der Waals surface area contributed by atoms with E-state index in [1.807, 2.05) is 18.2 Å². The number of para-hydroxylation sites is 1. The molecular formula is C21H17ClN4O4. The second-order valence-corrected chi connectivity index (χ2v) is 7.01. The lowest BCUT2D eigenvalue weighted by atomic mass is 10.1. The molecule has 152 valence electrons. The molecular weight excluding hydrogens is 408 g/mol. The van der Waals surface area contributed by atoms with Crippen LogP contribution < -0.4 is 10.9 Å². The number of hydrogen-bond acceptors (Lipinski definition) is 6. The maximum atomic E-state index is 12.3. The van der Waals surface area contributed by atoms with Gasteiger partial charge in [0.2, 0.25) is 17.6 Å². The zero-order valence-electron chi connectivity index (χ0n) is 15.9. The van der Waals surface area contributed by atoms with Crippen LogP contribution in [0.15, 0.2) is 57.5 Å². The molecule has 2 aromatic heterocycles. The van der Waals surface area contributed by atoms with Crippen LogP contribution >= 0.6 is 11.6 Å². The van der Waals surface area contributed by atoms with E-state index in [0.717, 1.165) is 10.9 Å². The Kier molecular flexibility index (Phi) is 5.49. The van der Waals surface area contributed by atoms with Gasteiger partial charge in [0.25, 0.3) is 0 Å². The molecule has 30 heavy (non-hydrogen) atoms. The molecule has 0 radical (unpaired) electrons. The Labute approximate surface area is 176 Å². The van der Waals surface area contributed by atoms with E-state index >= 15 is 0 Å². The Balaban J connectivity index is 1.30. The number of furan rings is 1. The van der Waals surface area contributed by atoms with Crippen molar-refractivity contribution in [3.63, 3.8) is 0 Å². The van der Waals surface area contributed by atoms with Gasteiger partial charge in [-0.05, 0) is 37.3 Å². The largest absolute Gasteiger partial charge is 0.451 e. The maximum absolute atomic E-state index is 12.3. The highest BCUT2D eigenvalue weighted by Gasteiger charge is 2.18. The minimum absolute atomic E-state index is 0.0572. The number of nitrogens with zero attached hydrogens (tertiary/aromatic N) is 2. The molecule has 2 N–H and O–H groups in total. The summed E-state index contributed by atoms with van der Waals surface area (Å²) < 4.78 is 10.7. The Morgan fingerprint density at radius 3 is 2.60 bits per heavy atom. The summed E-state index contributed by atoms with van der Waals surface area (Å²) in [5.74, 6) is -0.0467. The molecule has 0 saturated heterocycles. The van der Waals surface area contributed by atoms with Crippen molar-refractivity contribution in [3.8, 4) is 11.4 Å². The molecule has 0 atom stereocenters. The summed E-state index contributed by atoms with van der Waals surface area (Å²) >= 11 is 5.86. The van der Waals surface area contributed by atoms with Crippen LogP contribution in [-0.2, 0) is 11.2 Å². The lowest BCUT2D eigenvalue weighted by molar-refractivity contribution is -0.121. The third-order valence-electron chi connectivity index (χ3n) is 4.50. The molecule has 0 unspecified atom stereocenters. The topological polar surface area (TPSA) is 110 Å². The summed E-state index contributed by atoms with van der Waals surface area (Å²) in [6, 6.07) is 14.3. The van der Waals surface area contributed by atoms with Crippen molar-refractivity contribution in [2.24, 2.45) is 0 Å². The standard InChI is InChI=1S/C21H17ClN4O4/c1-12-15-4-2-3-5-16(15)29-19(12)21(28)25-24-17(27)10-11-18-23-20(26-30-18)13-6-8-14(22)9-7-13/h2-9H,10-11H2,1H3,(H,24,27)(H,25,28). The fraction of sp³-hybridized carbons (Fsp3) is 0.143. The zero-order valence-corrected chi connectivity index (χ0v) is 16.7. The van der Waals surface area contributed by atoms with Crippen LogP contribution in [0.5, 0.6) is 0 Å².